The van der Waals surface area contributed by atoms with Crippen LogP contribution in [0, 0.1) is 0 Å². The summed E-state index contributed by atoms with van der Waals surface area (Å²) in [5.74, 6) is -0.801. The van der Waals surface area contributed by atoms with Crippen LogP contribution in [0.4, 0.5) is 11.4 Å². The van der Waals surface area contributed by atoms with Crippen molar-refractivity contribution >= 4 is 34.8 Å². The molecule has 33 heavy (non-hydrogen) atoms. The van der Waals surface area contributed by atoms with Gasteiger partial charge in [-0.2, -0.15) is 5.10 Å². The van der Waals surface area contributed by atoms with Crippen LogP contribution in [-0.2, 0) is 11.3 Å². The summed E-state index contributed by atoms with van der Waals surface area (Å²) in [5, 5.41) is 10.3. The Kier molecular flexibility index (Phi) is 6.61. The van der Waals surface area contributed by atoms with Crippen molar-refractivity contribution < 1.29 is 9.59 Å². The predicted octanol–water partition coefficient (Wildman–Crippen LogP) is 4.45. The summed E-state index contributed by atoms with van der Waals surface area (Å²) in [6.45, 7) is -0.279. The van der Waals surface area contributed by atoms with E-state index in [0.29, 0.717) is 27.7 Å². The highest BCUT2D eigenvalue weighted by Crippen LogP contribution is 2.22. The Hall–Kier alpha value is -4.23. The van der Waals surface area contributed by atoms with Crippen molar-refractivity contribution in [2.75, 3.05) is 10.6 Å². The maximum atomic E-state index is 12.7. The van der Waals surface area contributed by atoms with Crippen LogP contribution in [0.25, 0.3) is 11.3 Å². The van der Waals surface area contributed by atoms with Crippen LogP contribution in [0.3, 0.4) is 0 Å². The second-order valence-electron chi connectivity index (χ2n) is 7.14. The van der Waals surface area contributed by atoms with Gasteiger partial charge in [-0.15, -0.1) is 0 Å². The fourth-order valence-corrected chi connectivity index (χ4v) is 3.27. The van der Waals surface area contributed by atoms with E-state index in [1.54, 1.807) is 54.6 Å². The summed E-state index contributed by atoms with van der Waals surface area (Å²) < 4.78 is 1.10. The fourth-order valence-electron chi connectivity index (χ4n) is 3.15. The third-order valence-corrected chi connectivity index (χ3v) is 5.04. The lowest BCUT2D eigenvalue weighted by atomic mass is 10.1. The minimum atomic E-state index is -0.456. The van der Waals surface area contributed by atoms with E-state index >= 15 is 0 Å². The summed E-state index contributed by atoms with van der Waals surface area (Å²) >= 11 is 5.87. The molecule has 3 aromatic carbocycles. The number of halogens is 1. The number of benzene rings is 3. The number of nitrogens with zero attached hydrogens (tertiary/aromatic N) is 2. The summed E-state index contributed by atoms with van der Waals surface area (Å²) in [7, 11) is 0. The van der Waals surface area contributed by atoms with Gasteiger partial charge in [0.2, 0.25) is 5.91 Å². The van der Waals surface area contributed by atoms with Crippen LogP contribution in [0.15, 0.2) is 95.8 Å². The molecule has 0 bridgehead atoms. The normalized spacial score (nSPS) is 10.5. The lowest BCUT2D eigenvalue weighted by Crippen LogP contribution is -2.29. The van der Waals surface area contributed by atoms with Gasteiger partial charge in [-0.05, 0) is 42.5 Å². The zero-order valence-corrected chi connectivity index (χ0v) is 18.1. The van der Waals surface area contributed by atoms with Gasteiger partial charge in [0, 0.05) is 22.2 Å². The maximum Gasteiger partial charge on any atom is 0.267 e. The first kappa shape index (κ1) is 22.0. The van der Waals surface area contributed by atoms with E-state index in [0.717, 1.165) is 10.2 Å². The molecule has 0 aliphatic carbocycles. The van der Waals surface area contributed by atoms with Gasteiger partial charge in [0.05, 0.1) is 17.1 Å². The van der Waals surface area contributed by atoms with Gasteiger partial charge in [-0.25, -0.2) is 4.68 Å². The van der Waals surface area contributed by atoms with Crippen molar-refractivity contribution in [3.63, 3.8) is 0 Å². The first-order valence-electron chi connectivity index (χ1n) is 10.1. The van der Waals surface area contributed by atoms with Crippen LogP contribution in [0.5, 0.6) is 0 Å². The number of rotatable bonds is 6. The van der Waals surface area contributed by atoms with Crippen LogP contribution in [-0.4, -0.2) is 21.6 Å². The largest absolute Gasteiger partial charge is 0.323 e. The van der Waals surface area contributed by atoms with Gasteiger partial charge in [0.15, 0.2) is 0 Å². The average Bonchev–Trinajstić information content (AvgIpc) is 2.82. The molecule has 0 saturated carbocycles. The predicted molar refractivity (Wildman–Crippen MR) is 128 cm³/mol. The Morgan fingerprint density at radius 1 is 0.788 bits per heavy atom. The highest BCUT2D eigenvalue weighted by molar-refractivity contribution is 6.30. The fraction of sp³-hybridized carbons (Fsp3) is 0.0400. The number of hydrogen-bond acceptors (Lipinski definition) is 4. The third kappa shape index (κ3) is 5.53. The van der Waals surface area contributed by atoms with E-state index in [1.807, 2.05) is 30.3 Å². The highest BCUT2D eigenvalue weighted by atomic mass is 35.5. The van der Waals surface area contributed by atoms with Crippen LogP contribution in [0.2, 0.25) is 5.02 Å². The molecule has 0 unspecified atom stereocenters. The molecule has 0 aliphatic rings. The Bertz CT molecular complexity index is 1350. The Morgan fingerprint density at radius 2 is 1.42 bits per heavy atom. The monoisotopic (exact) mass is 458 g/mol. The van der Waals surface area contributed by atoms with Crippen molar-refractivity contribution in [2.45, 2.75) is 6.54 Å². The molecule has 0 aliphatic heterocycles. The van der Waals surface area contributed by atoms with E-state index in [2.05, 4.69) is 15.7 Å². The molecule has 0 fully saturated rings. The van der Waals surface area contributed by atoms with Crippen molar-refractivity contribution in [1.82, 2.24) is 9.78 Å². The molecule has 4 aromatic rings. The molecular weight excluding hydrogens is 440 g/mol. The van der Waals surface area contributed by atoms with Gasteiger partial charge in [-0.1, -0.05) is 54.1 Å². The zero-order chi connectivity index (χ0) is 23.2. The number of carbonyl (C=O) groups excluding carboxylic acids is 2. The van der Waals surface area contributed by atoms with Gasteiger partial charge in [0.25, 0.3) is 11.5 Å². The standard InChI is InChI=1S/C25H19ClN4O3/c26-19-12-10-18(11-13-19)25(33)28-22-9-5-4-8-21(22)27-23(31)16-30-24(32)15-14-20(29-30)17-6-2-1-3-7-17/h1-15H,16H2,(H,27,31)(H,28,33). The molecule has 164 valence electrons. The number of aromatic nitrogens is 2. The summed E-state index contributed by atoms with van der Waals surface area (Å²) in [6, 6.07) is 25.6. The smallest absolute Gasteiger partial charge is 0.267 e. The average molecular weight is 459 g/mol. The van der Waals surface area contributed by atoms with Crippen molar-refractivity contribution in [2.24, 2.45) is 0 Å². The first-order valence-corrected chi connectivity index (χ1v) is 10.5. The quantitative estimate of drug-likeness (QED) is 0.446. The molecule has 8 heteroatoms. The minimum Gasteiger partial charge on any atom is -0.323 e. The van der Waals surface area contributed by atoms with E-state index in [-0.39, 0.29) is 12.5 Å². The highest BCUT2D eigenvalue weighted by Gasteiger charge is 2.13. The lowest BCUT2D eigenvalue weighted by Gasteiger charge is -2.13. The number of anilines is 2. The maximum absolute atomic E-state index is 12.7. The Morgan fingerprint density at radius 3 is 2.12 bits per heavy atom. The van der Waals surface area contributed by atoms with Gasteiger partial charge >= 0.3 is 0 Å². The van der Waals surface area contributed by atoms with Gasteiger partial charge < -0.3 is 10.6 Å². The number of amides is 2. The van der Waals surface area contributed by atoms with Crippen LogP contribution >= 0.6 is 11.6 Å². The molecule has 0 spiro atoms. The number of para-hydroxylation sites is 2. The molecule has 2 amide bonds. The SMILES string of the molecule is O=C(Cn1nc(-c2ccccc2)ccc1=O)Nc1ccccc1NC(=O)c1ccc(Cl)cc1. The molecule has 4 rings (SSSR count). The summed E-state index contributed by atoms with van der Waals surface area (Å²) in [5.41, 5.74) is 2.27. The molecular formula is C25H19ClN4O3. The van der Waals surface area contributed by atoms with Crippen LogP contribution < -0.4 is 16.2 Å². The molecule has 2 N–H and O–H groups in total. The second-order valence-corrected chi connectivity index (χ2v) is 7.57. The Balaban J connectivity index is 1.49. The van der Waals surface area contributed by atoms with E-state index in [4.69, 9.17) is 11.6 Å². The van der Waals surface area contributed by atoms with E-state index in [1.165, 1.54) is 6.07 Å². The topological polar surface area (TPSA) is 93.1 Å². The summed E-state index contributed by atoms with van der Waals surface area (Å²) in [6.07, 6.45) is 0. The molecule has 0 saturated heterocycles. The van der Waals surface area contributed by atoms with Gasteiger partial charge in [0.1, 0.15) is 6.54 Å². The third-order valence-electron chi connectivity index (χ3n) is 4.79. The van der Waals surface area contributed by atoms with E-state index in [9.17, 15) is 14.4 Å². The van der Waals surface area contributed by atoms with Crippen LogP contribution in [0.1, 0.15) is 10.4 Å². The second kappa shape index (κ2) is 9.93. The number of hydrogen-bond donors (Lipinski definition) is 2. The number of nitrogens with one attached hydrogen (secondary N) is 2. The van der Waals surface area contributed by atoms with Crippen molar-refractivity contribution in [3.05, 3.63) is 112 Å². The molecule has 0 radical (unpaired) electrons. The number of carbonyl (C=O) groups is 2. The molecule has 7 nitrogen and oxygen atoms in total. The minimum absolute atomic E-state index is 0.279. The molecule has 1 heterocycles. The van der Waals surface area contributed by atoms with Gasteiger partial charge in [-0.3, -0.25) is 14.4 Å². The molecule has 0 atom stereocenters. The zero-order valence-electron chi connectivity index (χ0n) is 17.4. The van der Waals surface area contributed by atoms with Crippen molar-refractivity contribution in [3.8, 4) is 11.3 Å². The lowest BCUT2D eigenvalue weighted by molar-refractivity contribution is -0.117. The Labute approximate surface area is 194 Å². The molecule has 1 aromatic heterocycles. The summed E-state index contributed by atoms with van der Waals surface area (Å²) in [4.78, 5) is 37.5. The van der Waals surface area contributed by atoms with Crippen molar-refractivity contribution in [1.29, 1.82) is 0 Å². The first-order chi connectivity index (χ1) is 16.0. The van der Waals surface area contributed by atoms with E-state index < -0.39 is 11.5 Å².